The van der Waals surface area contributed by atoms with Gasteiger partial charge in [0.1, 0.15) is 0 Å². The van der Waals surface area contributed by atoms with Gasteiger partial charge >= 0.3 is 6.01 Å². The van der Waals surface area contributed by atoms with Gasteiger partial charge < -0.3 is 14.2 Å². The Morgan fingerprint density at radius 1 is 1.12 bits per heavy atom. The third-order valence-corrected chi connectivity index (χ3v) is 5.09. The maximum Gasteiger partial charge on any atom is 0.318 e. The van der Waals surface area contributed by atoms with Gasteiger partial charge in [0.2, 0.25) is 11.8 Å². The van der Waals surface area contributed by atoms with Crippen LogP contribution in [0.15, 0.2) is 22.6 Å². The second-order valence-electron chi connectivity index (χ2n) is 6.97. The molecule has 0 aliphatic carbocycles. The SMILES string of the molecule is CCc1nnc(N2CCN(C(=O)CCCc3ccc(C)c(C)c3)CC2)o1. The molecule has 0 radical (unpaired) electrons. The maximum atomic E-state index is 12.5. The Morgan fingerprint density at radius 3 is 2.54 bits per heavy atom. The van der Waals surface area contributed by atoms with Gasteiger partial charge in [-0.15, -0.1) is 5.10 Å². The van der Waals surface area contributed by atoms with E-state index in [2.05, 4.69) is 47.1 Å². The fourth-order valence-corrected chi connectivity index (χ4v) is 3.22. The molecule has 3 rings (SSSR count). The summed E-state index contributed by atoms with van der Waals surface area (Å²) in [7, 11) is 0. The molecular weight excluding hydrogens is 328 g/mol. The van der Waals surface area contributed by atoms with E-state index in [-0.39, 0.29) is 5.91 Å². The summed E-state index contributed by atoms with van der Waals surface area (Å²) in [5.41, 5.74) is 3.95. The second-order valence-corrected chi connectivity index (χ2v) is 6.97. The van der Waals surface area contributed by atoms with Crippen molar-refractivity contribution in [1.82, 2.24) is 15.1 Å². The number of amides is 1. The van der Waals surface area contributed by atoms with E-state index in [4.69, 9.17) is 4.42 Å². The first-order valence-electron chi connectivity index (χ1n) is 9.48. The van der Waals surface area contributed by atoms with E-state index < -0.39 is 0 Å². The molecule has 140 valence electrons. The third-order valence-electron chi connectivity index (χ3n) is 5.09. The fourth-order valence-electron chi connectivity index (χ4n) is 3.22. The van der Waals surface area contributed by atoms with Crippen molar-refractivity contribution >= 4 is 11.9 Å². The number of aryl methyl sites for hydroxylation is 4. The van der Waals surface area contributed by atoms with Crippen molar-refractivity contribution in [1.29, 1.82) is 0 Å². The highest BCUT2D eigenvalue weighted by molar-refractivity contribution is 5.76. The van der Waals surface area contributed by atoms with Gasteiger partial charge in [-0.2, -0.15) is 0 Å². The second kappa shape index (κ2) is 8.34. The monoisotopic (exact) mass is 356 g/mol. The molecule has 2 heterocycles. The quantitative estimate of drug-likeness (QED) is 0.796. The van der Waals surface area contributed by atoms with Crippen LogP contribution in [-0.2, 0) is 17.6 Å². The van der Waals surface area contributed by atoms with E-state index >= 15 is 0 Å². The van der Waals surface area contributed by atoms with Crippen LogP contribution in [0.25, 0.3) is 0 Å². The van der Waals surface area contributed by atoms with Gasteiger partial charge in [0.25, 0.3) is 0 Å². The molecule has 6 heteroatoms. The summed E-state index contributed by atoms with van der Waals surface area (Å²) in [4.78, 5) is 16.5. The van der Waals surface area contributed by atoms with Crippen molar-refractivity contribution in [3.8, 4) is 0 Å². The Labute approximate surface area is 155 Å². The highest BCUT2D eigenvalue weighted by Crippen LogP contribution is 2.16. The summed E-state index contributed by atoms with van der Waals surface area (Å²) < 4.78 is 5.60. The number of carbonyl (C=O) groups is 1. The fraction of sp³-hybridized carbons (Fsp3) is 0.550. The number of benzene rings is 1. The summed E-state index contributed by atoms with van der Waals surface area (Å²) in [5, 5.41) is 8.09. The van der Waals surface area contributed by atoms with Crippen molar-refractivity contribution < 1.29 is 9.21 Å². The number of carbonyl (C=O) groups excluding carboxylic acids is 1. The molecule has 0 atom stereocenters. The van der Waals surface area contributed by atoms with Crippen molar-refractivity contribution in [2.24, 2.45) is 0 Å². The minimum Gasteiger partial charge on any atom is -0.408 e. The Balaban J connectivity index is 1.42. The van der Waals surface area contributed by atoms with E-state index in [0.717, 1.165) is 32.4 Å². The molecule has 2 aromatic rings. The van der Waals surface area contributed by atoms with Crippen LogP contribution in [0.3, 0.4) is 0 Å². The number of rotatable bonds is 6. The Morgan fingerprint density at radius 2 is 1.88 bits per heavy atom. The molecule has 1 aromatic carbocycles. The van der Waals surface area contributed by atoms with E-state index in [1.54, 1.807) is 0 Å². The molecule has 1 fully saturated rings. The Bertz CT molecular complexity index is 748. The summed E-state index contributed by atoms with van der Waals surface area (Å²) in [6.45, 7) is 9.17. The lowest BCUT2D eigenvalue weighted by Gasteiger charge is -2.33. The van der Waals surface area contributed by atoms with Gasteiger partial charge in [0.15, 0.2) is 0 Å². The lowest BCUT2D eigenvalue weighted by Crippen LogP contribution is -2.48. The number of hydrogen-bond acceptors (Lipinski definition) is 5. The molecule has 0 bridgehead atoms. The minimum atomic E-state index is 0.244. The summed E-state index contributed by atoms with van der Waals surface area (Å²) in [6.07, 6.45) is 3.19. The zero-order chi connectivity index (χ0) is 18.5. The normalized spacial score (nSPS) is 14.7. The zero-order valence-corrected chi connectivity index (χ0v) is 16.0. The van der Waals surface area contributed by atoms with Crippen LogP contribution < -0.4 is 4.90 Å². The van der Waals surface area contributed by atoms with Gasteiger partial charge in [-0.3, -0.25) is 4.79 Å². The summed E-state index contributed by atoms with van der Waals surface area (Å²) in [6, 6.07) is 7.13. The molecule has 0 N–H and O–H groups in total. The smallest absolute Gasteiger partial charge is 0.318 e. The number of nitrogens with zero attached hydrogens (tertiary/aromatic N) is 4. The van der Waals surface area contributed by atoms with Crippen LogP contribution in [-0.4, -0.2) is 47.2 Å². The van der Waals surface area contributed by atoms with E-state index in [1.807, 2.05) is 11.8 Å². The summed E-state index contributed by atoms with van der Waals surface area (Å²) in [5.74, 6) is 0.901. The lowest BCUT2D eigenvalue weighted by atomic mass is 10.0. The average molecular weight is 356 g/mol. The Hall–Kier alpha value is -2.37. The average Bonchev–Trinajstić information content (AvgIpc) is 3.14. The first kappa shape index (κ1) is 18.4. The molecule has 1 aromatic heterocycles. The lowest BCUT2D eigenvalue weighted by molar-refractivity contribution is -0.131. The van der Waals surface area contributed by atoms with Gasteiger partial charge in [0.05, 0.1) is 0 Å². The predicted molar refractivity (Wildman–Crippen MR) is 101 cm³/mol. The highest BCUT2D eigenvalue weighted by Gasteiger charge is 2.23. The number of piperazine rings is 1. The van der Waals surface area contributed by atoms with Gasteiger partial charge in [-0.25, -0.2) is 0 Å². The molecule has 6 nitrogen and oxygen atoms in total. The topological polar surface area (TPSA) is 62.5 Å². The van der Waals surface area contributed by atoms with Gasteiger partial charge in [-0.05, 0) is 43.4 Å². The van der Waals surface area contributed by atoms with Crippen LogP contribution in [0, 0.1) is 13.8 Å². The Kier molecular flexibility index (Phi) is 5.91. The van der Waals surface area contributed by atoms with Gasteiger partial charge in [0, 0.05) is 39.0 Å². The van der Waals surface area contributed by atoms with Gasteiger partial charge in [-0.1, -0.05) is 30.2 Å². The third kappa shape index (κ3) is 4.42. The molecule has 1 amide bonds. The van der Waals surface area contributed by atoms with E-state index in [9.17, 15) is 4.79 Å². The van der Waals surface area contributed by atoms with Crippen molar-refractivity contribution in [2.75, 3.05) is 31.1 Å². The molecule has 1 saturated heterocycles. The number of aromatic nitrogens is 2. The first-order chi connectivity index (χ1) is 12.6. The first-order valence-corrected chi connectivity index (χ1v) is 9.48. The maximum absolute atomic E-state index is 12.5. The molecule has 1 aliphatic heterocycles. The standard InChI is InChI=1S/C20H28N4O2/c1-4-18-21-22-20(26-18)24-12-10-23(11-13-24)19(25)7-5-6-17-9-8-15(2)16(3)14-17/h8-9,14H,4-7,10-13H2,1-3H3. The highest BCUT2D eigenvalue weighted by atomic mass is 16.4. The minimum absolute atomic E-state index is 0.244. The molecule has 1 aliphatic rings. The van der Waals surface area contributed by atoms with E-state index in [1.165, 1.54) is 16.7 Å². The van der Waals surface area contributed by atoms with E-state index in [0.29, 0.717) is 31.4 Å². The molecular formula is C20H28N4O2. The molecule has 0 unspecified atom stereocenters. The molecule has 0 spiro atoms. The predicted octanol–water partition coefficient (Wildman–Crippen LogP) is 2.92. The molecule has 0 saturated carbocycles. The summed E-state index contributed by atoms with van der Waals surface area (Å²) >= 11 is 0. The number of hydrogen-bond donors (Lipinski definition) is 0. The van der Waals surface area contributed by atoms with Crippen LogP contribution in [0.2, 0.25) is 0 Å². The number of anilines is 1. The van der Waals surface area contributed by atoms with Crippen LogP contribution in [0.5, 0.6) is 0 Å². The van der Waals surface area contributed by atoms with Crippen LogP contribution in [0.4, 0.5) is 6.01 Å². The van der Waals surface area contributed by atoms with Crippen molar-refractivity contribution in [3.63, 3.8) is 0 Å². The van der Waals surface area contributed by atoms with Crippen LogP contribution in [0.1, 0.15) is 42.3 Å². The van der Waals surface area contributed by atoms with Crippen LogP contribution >= 0.6 is 0 Å². The zero-order valence-electron chi connectivity index (χ0n) is 16.0. The largest absolute Gasteiger partial charge is 0.408 e. The van der Waals surface area contributed by atoms with Crippen molar-refractivity contribution in [3.05, 3.63) is 40.8 Å². The molecule has 26 heavy (non-hydrogen) atoms. The van der Waals surface area contributed by atoms with Crippen molar-refractivity contribution in [2.45, 2.75) is 46.5 Å².